The smallest absolute Gasteiger partial charge is 0.306 e. The number of hydrogen-bond acceptors (Lipinski definition) is 6. The summed E-state index contributed by atoms with van der Waals surface area (Å²) in [6.07, 6.45) is 0.209. The van der Waals surface area contributed by atoms with Crippen molar-refractivity contribution in [3.63, 3.8) is 0 Å². The van der Waals surface area contributed by atoms with E-state index in [1.807, 2.05) is 0 Å². The number of ether oxygens (including phenoxy) is 2. The van der Waals surface area contributed by atoms with E-state index in [0.717, 1.165) is 0 Å². The van der Waals surface area contributed by atoms with Crippen LogP contribution in [0.1, 0.15) is 29.6 Å². The second kappa shape index (κ2) is 14.2. The number of carbonyl (C=O) groups is 4. The minimum absolute atomic E-state index is 0.0633. The molecule has 0 aliphatic carbocycles. The molecule has 0 aliphatic heterocycles. The zero-order valence-electron chi connectivity index (χ0n) is 19.8. The molecule has 38 heavy (non-hydrogen) atoms. The van der Waals surface area contributed by atoms with Gasteiger partial charge in [-0.25, -0.2) is 0 Å². The van der Waals surface area contributed by atoms with Gasteiger partial charge < -0.3 is 14.8 Å². The van der Waals surface area contributed by atoms with Crippen molar-refractivity contribution < 1.29 is 28.7 Å². The number of esters is 1. The van der Waals surface area contributed by atoms with Crippen LogP contribution >= 0.6 is 34.8 Å². The molecule has 0 fully saturated rings. The molecule has 0 unspecified atom stereocenters. The Kier molecular flexibility index (Phi) is 10.8. The van der Waals surface area contributed by atoms with Crippen LogP contribution in [0.2, 0.25) is 15.1 Å². The van der Waals surface area contributed by atoms with Gasteiger partial charge in [-0.2, -0.15) is 0 Å². The standard InChI is InChI=1S/C26H22Cl3N3O6/c27-16-8-13-22(21(29)14-16)38-18-11-9-17(10-12-18)30-23(33)6-3-7-25(35)37-15-24(34)31-32-26(36)19-4-1-2-5-20(19)28/h1-2,4-5,8-14H,3,6-7,15H2,(H,30,33)(H,31,34)(H,32,36). The van der Waals surface area contributed by atoms with Gasteiger partial charge in [-0.15, -0.1) is 0 Å². The molecule has 0 aromatic heterocycles. The Hall–Kier alpha value is -3.79. The van der Waals surface area contributed by atoms with E-state index in [0.29, 0.717) is 27.2 Å². The number of hydrogen-bond donors (Lipinski definition) is 3. The van der Waals surface area contributed by atoms with Crippen LogP contribution in [0.3, 0.4) is 0 Å². The van der Waals surface area contributed by atoms with E-state index < -0.39 is 24.4 Å². The molecule has 198 valence electrons. The highest BCUT2D eigenvalue weighted by atomic mass is 35.5. The Morgan fingerprint density at radius 2 is 1.50 bits per heavy atom. The summed E-state index contributed by atoms with van der Waals surface area (Å²) in [6.45, 7) is -0.594. The molecular formula is C26H22Cl3N3O6. The molecule has 3 amide bonds. The number of carbonyl (C=O) groups excluding carboxylic acids is 4. The molecule has 0 saturated carbocycles. The Labute approximate surface area is 233 Å². The van der Waals surface area contributed by atoms with Gasteiger partial charge in [-0.3, -0.25) is 30.0 Å². The van der Waals surface area contributed by atoms with Crippen molar-refractivity contribution in [2.75, 3.05) is 11.9 Å². The van der Waals surface area contributed by atoms with Crippen molar-refractivity contribution in [3.05, 3.63) is 87.4 Å². The summed E-state index contributed by atoms with van der Waals surface area (Å²) < 4.78 is 10.5. The highest BCUT2D eigenvalue weighted by Crippen LogP contribution is 2.32. The average Bonchev–Trinajstić information content (AvgIpc) is 2.89. The van der Waals surface area contributed by atoms with Gasteiger partial charge in [-0.05, 0) is 61.0 Å². The van der Waals surface area contributed by atoms with Gasteiger partial charge in [0.2, 0.25) is 5.91 Å². The maximum atomic E-state index is 12.2. The largest absolute Gasteiger partial charge is 0.456 e. The van der Waals surface area contributed by atoms with Gasteiger partial charge in [0.25, 0.3) is 11.8 Å². The average molecular weight is 579 g/mol. The maximum absolute atomic E-state index is 12.2. The number of rotatable bonds is 10. The molecule has 9 nitrogen and oxygen atoms in total. The van der Waals surface area contributed by atoms with E-state index in [9.17, 15) is 19.2 Å². The maximum Gasteiger partial charge on any atom is 0.306 e. The molecule has 0 bridgehead atoms. The van der Waals surface area contributed by atoms with E-state index >= 15 is 0 Å². The van der Waals surface area contributed by atoms with Crippen molar-refractivity contribution in [1.29, 1.82) is 0 Å². The lowest BCUT2D eigenvalue weighted by Crippen LogP contribution is -2.43. The fraction of sp³-hybridized carbons (Fsp3) is 0.154. The molecule has 12 heteroatoms. The number of nitrogens with one attached hydrogen (secondary N) is 3. The predicted molar refractivity (Wildman–Crippen MR) is 143 cm³/mol. The van der Waals surface area contributed by atoms with Gasteiger partial charge in [0.05, 0.1) is 15.6 Å². The van der Waals surface area contributed by atoms with Gasteiger partial charge in [0.1, 0.15) is 11.5 Å². The molecule has 0 spiro atoms. The third kappa shape index (κ3) is 9.26. The first-order valence-corrected chi connectivity index (χ1v) is 12.4. The number of anilines is 1. The summed E-state index contributed by atoms with van der Waals surface area (Å²) in [5.41, 5.74) is 5.03. The van der Waals surface area contributed by atoms with Crippen LogP contribution in [0.25, 0.3) is 0 Å². The zero-order chi connectivity index (χ0) is 27.5. The van der Waals surface area contributed by atoms with Gasteiger partial charge in [0, 0.05) is 23.6 Å². The van der Waals surface area contributed by atoms with Crippen LogP contribution in [0.5, 0.6) is 11.5 Å². The Balaban J connectivity index is 1.31. The molecular weight excluding hydrogens is 557 g/mol. The minimum atomic E-state index is -0.734. The second-order valence-corrected chi connectivity index (χ2v) is 9.00. The third-order valence-electron chi connectivity index (χ3n) is 4.84. The summed E-state index contributed by atoms with van der Waals surface area (Å²) in [6, 6.07) is 17.8. The van der Waals surface area contributed by atoms with Crippen LogP contribution in [0.4, 0.5) is 5.69 Å². The lowest BCUT2D eigenvalue weighted by atomic mass is 10.2. The number of halogens is 3. The van der Waals surface area contributed by atoms with Crippen molar-refractivity contribution in [2.45, 2.75) is 19.3 Å². The van der Waals surface area contributed by atoms with Crippen LogP contribution in [-0.4, -0.2) is 30.3 Å². The monoisotopic (exact) mass is 577 g/mol. The first kappa shape index (κ1) is 28.8. The van der Waals surface area contributed by atoms with Crippen LogP contribution in [-0.2, 0) is 19.1 Å². The van der Waals surface area contributed by atoms with Crippen molar-refractivity contribution in [2.24, 2.45) is 0 Å². The Morgan fingerprint density at radius 3 is 2.21 bits per heavy atom. The molecule has 0 atom stereocenters. The van der Waals surface area contributed by atoms with E-state index in [2.05, 4.69) is 16.2 Å². The fourth-order valence-electron chi connectivity index (χ4n) is 3.00. The topological polar surface area (TPSA) is 123 Å². The first-order valence-electron chi connectivity index (χ1n) is 11.2. The highest BCUT2D eigenvalue weighted by molar-refractivity contribution is 6.35. The summed E-state index contributed by atoms with van der Waals surface area (Å²) >= 11 is 17.9. The molecule has 0 saturated heterocycles. The van der Waals surface area contributed by atoms with Crippen LogP contribution in [0, 0.1) is 0 Å². The molecule has 0 radical (unpaired) electrons. The van der Waals surface area contributed by atoms with E-state index in [1.54, 1.807) is 54.6 Å². The van der Waals surface area contributed by atoms with Gasteiger partial charge >= 0.3 is 5.97 Å². The highest BCUT2D eigenvalue weighted by Gasteiger charge is 2.13. The molecule has 3 rings (SSSR count). The number of benzene rings is 3. The SMILES string of the molecule is O=C(COC(=O)CCCC(=O)Nc1ccc(Oc2ccc(Cl)cc2Cl)cc1)NNC(=O)c1ccccc1Cl. The Bertz CT molecular complexity index is 1320. The molecule has 3 N–H and O–H groups in total. The molecule has 0 aliphatic rings. The predicted octanol–water partition coefficient (Wildman–Crippen LogP) is 5.55. The summed E-state index contributed by atoms with van der Waals surface area (Å²) in [5.74, 6) is -1.35. The van der Waals surface area contributed by atoms with Crippen molar-refractivity contribution in [1.82, 2.24) is 10.9 Å². The lowest BCUT2D eigenvalue weighted by Gasteiger charge is -2.10. The van der Waals surface area contributed by atoms with Crippen LogP contribution < -0.4 is 20.9 Å². The summed E-state index contributed by atoms with van der Waals surface area (Å²) in [4.78, 5) is 47.8. The first-order chi connectivity index (χ1) is 18.2. The number of amides is 3. The van der Waals surface area contributed by atoms with E-state index in [1.165, 1.54) is 12.1 Å². The molecule has 3 aromatic carbocycles. The summed E-state index contributed by atoms with van der Waals surface area (Å²) in [5, 5.41) is 3.80. The normalized spacial score (nSPS) is 10.3. The quantitative estimate of drug-likeness (QED) is 0.214. The van der Waals surface area contributed by atoms with Gasteiger partial charge in [-0.1, -0.05) is 46.9 Å². The summed E-state index contributed by atoms with van der Waals surface area (Å²) in [7, 11) is 0. The zero-order valence-corrected chi connectivity index (χ0v) is 22.0. The Morgan fingerprint density at radius 1 is 0.763 bits per heavy atom. The van der Waals surface area contributed by atoms with Crippen molar-refractivity contribution >= 4 is 64.2 Å². The fourth-order valence-corrected chi connectivity index (χ4v) is 3.67. The lowest BCUT2D eigenvalue weighted by molar-refractivity contribution is -0.148. The van der Waals surface area contributed by atoms with E-state index in [-0.39, 0.29) is 35.8 Å². The van der Waals surface area contributed by atoms with Gasteiger partial charge in [0.15, 0.2) is 6.61 Å². The minimum Gasteiger partial charge on any atom is -0.456 e. The third-order valence-corrected chi connectivity index (χ3v) is 5.70. The van der Waals surface area contributed by atoms with Crippen molar-refractivity contribution in [3.8, 4) is 11.5 Å². The molecule has 0 heterocycles. The van der Waals surface area contributed by atoms with Crippen LogP contribution in [0.15, 0.2) is 66.7 Å². The second-order valence-electron chi connectivity index (χ2n) is 7.75. The number of hydrazine groups is 1. The molecule has 3 aromatic rings. The van der Waals surface area contributed by atoms with E-state index in [4.69, 9.17) is 44.3 Å².